The van der Waals surface area contributed by atoms with Crippen LogP contribution >= 0.6 is 0 Å². The Kier molecular flexibility index (Phi) is 5.43. The van der Waals surface area contributed by atoms with Gasteiger partial charge in [0.2, 0.25) is 0 Å². The fourth-order valence-corrected chi connectivity index (χ4v) is 4.97. The molecule has 0 saturated carbocycles. The third-order valence-corrected chi connectivity index (χ3v) is 6.19. The third-order valence-electron chi connectivity index (χ3n) is 6.19. The molecule has 1 aromatic carbocycles. The van der Waals surface area contributed by atoms with Gasteiger partial charge in [-0.3, -0.25) is 4.90 Å². The van der Waals surface area contributed by atoms with Gasteiger partial charge in [0.25, 0.3) is 0 Å². The fraction of sp³-hybridized carbons (Fsp3) is 0.650. The van der Waals surface area contributed by atoms with Crippen LogP contribution in [0.4, 0.5) is 4.79 Å². The van der Waals surface area contributed by atoms with Crippen LogP contribution in [-0.4, -0.2) is 78.5 Å². The van der Waals surface area contributed by atoms with Crippen molar-refractivity contribution in [2.45, 2.75) is 43.3 Å². The number of urea groups is 1. The molecular formula is C20H29N3O3. The third kappa shape index (κ3) is 3.33. The molecule has 0 spiro atoms. The van der Waals surface area contributed by atoms with Crippen LogP contribution in [0.3, 0.4) is 0 Å². The van der Waals surface area contributed by atoms with Crippen LogP contribution < -0.4 is 5.32 Å². The molecule has 0 unspecified atom stereocenters. The topological polar surface area (TPSA) is 65.0 Å². The maximum Gasteiger partial charge on any atom is 0.317 e. The van der Waals surface area contributed by atoms with Crippen LogP contribution in [0.5, 0.6) is 0 Å². The molecule has 3 heterocycles. The highest BCUT2D eigenvalue weighted by Gasteiger charge is 2.50. The van der Waals surface area contributed by atoms with Crippen molar-refractivity contribution in [2.24, 2.45) is 0 Å². The number of benzene rings is 1. The van der Waals surface area contributed by atoms with Crippen LogP contribution in [0.1, 0.15) is 30.7 Å². The zero-order chi connectivity index (χ0) is 17.9. The second-order valence-electron chi connectivity index (χ2n) is 7.56. The van der Waals surface area contributed by atoms with Gasteiger partial charge in [-0.05, 0) is 24.9 Å². The van der Waals surface area contributed by atoms with E-state index >= 15 is 0 Å². The summed E-state index contributed by atoms with van der Waals surface area (Å²) in [6.45, 7) is 3.63. The van der Waals surface area contributed by atoms with Crippen molar-refractivity contribution in [3.63, 3.8) is 0 Å². The summed E-state index contributed by atoms with van der Waals surface area (Å²) in [4.78, 5) is 17.2. The molecule has 0 aromatic heterocycles. The van der Waals surface area contributed by atoms with E-state index in [1.54, 1.807) is 0 Å². The Labute approximate surface area is 155 Å². The lowest BCUT2D eigenvalue weighted by molar-refractivity contribution is 0.0516. The lowest BCUT2D eigenvalue weighted by Crippen LogP contribution is -2.54. The summed E-state index contributed by atoms with van der Waals surface area (Å²) in [6.07, 6.45) is 3.43. The number of aliphatic hydroxyl groups is 1. The molecule has 4 rings (SSSR count). The molecule has 6 nitrogen and oxygen atoms in total. The van der Waals surface area contributed by atoms with Crippen LogP contribution in [0, 0.1) is 0 Å². The van der Waals surface area contributed by atoms with E-state index in [-0.39, 0.29) is 30.6 Å². The number of ether oxygens (including phenoxy) is 1. The number of aliphatic hydroxyl groups excluding tert-OH is 1. The van der Waals surface area contributed by atoms with Gasteiger partial charge in [0.05, 0.1) is 25.9 Å². The fourth-order valence-electron chi connectivity index (χ4n) is 4.97. The van der Waals surface area contributed by atoms with Gasteiger partial charge in [-0.15, -0.1) is 0 Å². The number of hydrogen-bond acceptors (Lipinski definition) is 4. The Balaban J connectivity index is 1.60. The maximum atomic E-state index is 12.9. The van der Waals surface area contributed by atoms with E-state index in [1.807, 2.05) is 23.1 Å². The highest BCUT2D eigenvalue weighted by molar-refractivity contribution is 5.75. The van der Waals surface area contributed by atoms with Gasteiger partial charge in [0.15, 0.2) is 0 Å². The minimum absolute atomic E-state index is 0.00310. The average molecular weight is 359 g/mol. The van der Waals surface area contributed by atoms with Gasteiger partial charge in [-0.25, -0.2) is 4.79 Å². The van der Waals surface area contributed by atoms with Gasteiger partial charge in [-0.1, -0.05) is 36.8 Å². The Morgan fingerprint density at radius 3 is 2.65 bits per heavy atom. The first kappa shape index (κ1) is 17.8. The number of fused-ring (bicyclic) bond motifs is 1. The van der Waals surface area contributed by atoms with E-state index in [0.717, 1.165) is 13.0 Å². The molecule has 0 radical (unpaired) electrons. The largest absolute Gasteiger partial charge is 0.395 e. The van der Waals surface area contributed by atoms with Crippen molar-refractivity contribution in [2.75, 3.05) is 39.5 Å². The van der Waals surface area contributed by atoms with Gasteiger partial charge >= 0.3 is 6.03 Å². The van der Waals surface area contributed by atoms with Crippen molar-refractivity contribution in [1.29, 1.82) is 0 Å². The quantitative estimate of drug-likeness (QED) is 0.857. The second kappa shape index (κ2) is 7.94. The summed E-state index contributed by atoms with van der Waals surface area (Å²) in [6, 6.07) is 10.8. The number of nitrogens with one attached hydrogen (secondary N) is 1. The van der Waals surface area contributed by atoms with E-state index in [0.29, 0.717) is 32.3 Å². The van der Waals surface area contributed by atoms with E-state index in [4.69, 9.17) is 4.74 Å². The normalized spacial score (nSPS) is 32.3. The molecule has 3 aliphatic rings. The highest BCUT2D eigenvalue weighted by Crippen LogP contribution is 2.41. The van der Waals surface area contributed by atoms with Crippen LogP contribution in [0.25, 0.3) is 0 Å². The minimum atomic E-state index is 0.00310. The van der Waals surface area contributed by atoms with Gasteiger partial charge in [-0.2, -0.15) is 0 Å². The van der Waals surface area contributed by atoms with Gasteiger partial charge < -0.3 is 20.1 Å². The maximum absolute atomic E-state index is 12.9. The molecule has 3 fully saturated rings. The van der Waals surface area contributed by atoms with Gasteiger partial charge in [0.1, 0.15) is 0 Å². The molecular weight excluding hydrogens is 330 g/mol. The highest BCUT2D eigenvalue weighted by atomic mass is 16.5. The van der Waals surface area contributed by atoms with Crippen molar-refractivity contribution >= 4 is 6.03 Å². The summed E-state index contributed by atoms with van der Waals surface area (Å²) in [5.41, 5.74) is 1.20. The lowest BCUT2D eigenvalue weighted by Gasteiger charge is -2.35. The zero-order valence-electron chi connectivity index (χ0n) is 15.2. The first-order valence-corrected chi connectivity index (χ1v) is 9.84. The Hall–Kier alpha value is -1.63. The molecule has 6 heteroatoms. The van der Waals surface area contributed by atoms with Crippen LogP contribution in [-0.2, 0) is 4.74 Å². The number of piperidine rings is 1. The zero-order valence-corrected chi connectivity index (χ0v) is 15.2. The summed E-state index contributed by atoms with van der Waals surface area (Å²) < 4.78 is 5.37. The van der Waals surface area contributed by atoms with Crippen molar-refractivity contribution < 1.29 is 14.6 Å². The molecule has 0 aliphatic carbocycles. The standard InChI is InChI=1S/C20H29N3O3/c24-14-17-18(15-6-2-1-3-7-15)19(16-8-4-5-9-23(16)17)21-20(25)22-10-12-26-13-11-22/h1-3,6-7,16-19,24H,4-5,8-14H2,(H,21,25)/t16-,17-,18+,19+/m1/s1. The smallest absolute Gasteiger partial charge is 0.317 e. The number of carbonyl (C=O) groups is 1. The van der Waals surface area contributed by atoms with Crippen LogP contribution in [0.15, 0.2) is 30.3 Å². The average Bonchev–Trinajstić information content (AvgIpc) is 3.03. The van der Waals surface area contributed by atoms with Crippen molar-refractivity contribution in [3.8, 4) is 0 Å². The molecule has 2 N–H and O–H groups in total. The Bertz CT molecular complexity index is 606. The lowest BCUT2D eigenvalue weighted by atomic mass is 9.86. The number of carbonyl (C=O) groups excluding carboxylic acids is 1. The number of amides is 2. The predicted octanol–water partition coefficient (Wildman–Crippen LogP) is 1.41. The SMILES string of the molecule is O=C(N[C@@H]1[C@@H](c2ccccc2)[C@@H](CO)N2CCCC[C@H]12)N1CCOCC1. The molecule has 0 bridgehead atoms. The molecule has 4 atom stereocenters. The molecule has 26 heavy (non-hydrogen) atoms. The van der Waals surface area contributed by atoms with E-state index < -0.39 is 0 Å². The monoisotopic (exact) mass is 359 g/mol. The van der Waals surface area contributed by atoms with Crippen LogP contribution in [0.2, 0.25) is 0 Å². The summed E-state index contributed by atoms with van der Waals surface area (Å²) in [5, 5.41) is 13.5. The number of nitrogens with zero attached hydrogens (tertiary/aromatic N) is 2. The molecule has 3 saturated heterocycles. The number of rotatable bonds is 3. The molecule has 1 aromatic rings. The molecule has 142 valence electrons. The van der Waals surface area contributed by atoms with E-state index in [2.05, 4.69) is 22.3 Å². The summed E-state index contributed by atoms with van der Waals surface area (Å²) in [7, 11) is 0. The number of morpholine rings is 1. The predicted molar refractivity (Wildman–Crippen MR) is 99.1 cm³/mol. The Morgan fingerprint density at radius 2 is 1.92 bits per heavy atom. The number of hydrogen-bond donors (Lipinski definition) is 2. The van der Waals surface area contributed by atoms with Crippen molar-refractivity contribution in [3.05, 3.63) is 35.9 Å². The second-order valence-corrected chi connectivity index (χ2v) is 7.56. The van der Waals surface area contributed by atoms with Gasteiger partial charge in [0, 0.05) is 31.1 Å². The van der Waals surface area contributed by atoms with E-state index in [1.165, 1.54) is 18.4 Å². The van der Waals surface area contributed by atoms with Crippen molar-refractivity contribution in [1.82, 2.24) is 15.1 Å². The first-order valence-electron chi connectivity index (χ1n) is 9.84. The van der Waals surface area contributed by atoms with E-state index in [9.17, 15) is 9.90 Å². The summed E-state index contributed by atoms with van der Waals surface area (Å²) >= 11 is 0. The molecule has 3 aliphatic heterocycles. The first-order chi connectivity index (χ1) is 12.8. The Morgan fingerprint density at radius 1 is 1.15 bits per heavy atom. The minimum Gasteiger partial charge on any atom is -0.395 e. The molecule has 2 amide bonds. The summed E-state index contributed by atoms with van der Waals surface area (Å²) in [5.74, 6) is 0.120.